The largest absolute Gasteiger partial charge is 0.468 e. The van der Waals surface area contributed by atoms with Crippen LogP contribution in [-0.2, 0) is 19.6 Å². The number of sulfonamides is 1. The standard InChI is InChI=1S/C14H18N2O5S/c17-13-8-14(15-13)21-12-6-2-1-5-11(12)16-22(18,19)9-10-4-3-7-20-10/h1-2,5-6,10,14,16H,3-4,7-9H2,(H,15,17). The number of hydrogen-bond acceptors (Lipinski definition) is 5. The number of carbonyl (C=O) groups is 1. The molecule has 0 aliphatic carbocycles. The van der Waals surface area contributed by atoms with E-state index >= 15 is 0 Å². The van der Waals surface area contributed by atoms with Gasteiger partial charge in [0.05, 0.1) is 24.0 Å². The highest BCUT2D eigenvalue weighted by Crippen LogP contribution is 2.27. The minimum atomic E-state index is -3.52. The van der Waals surface area contributed by atoms with E-state index in [2.05, 4.69) is 10.0 Å². The van der Waals surface area contributed by atoms with Gasteiger partial charge in [0.15, 0.2) is 6.23 Å². The molecule has 0 radical (unpaired) electrons. The lowest BCUT2D eigenvalue weighted by atomic mass is 10.2. The van der Waals surface area contributed by atoms with Crippen LogP contribution in [0.2, 0.25) is 0 Å². The van der Waals surface area contributed by atoms with Crippen LogP contribution in [0.3, 0.4) is 0 Å². The number of benzene rings is 1. The van der Waals surface area contributed by atoms with E-state index in [-0.39, 0.29) is 24.2 Å². The fourth-order valence-electron chi connectivity index (χ4n) is 2.43. The van der Waals surface area contributed by atoms with Crippen molar-refractivity contribution in [2.45, 2.75) is 31.6 Å². The molecule has 2 atom stereocenters. The lowest BCUT2D eigenvalue weighted by molar-refractivity contribution is -0.134. The zero-order valence-corrected chi connectivity index (χ0v) is 12.8. The maximum atomic E-state index is 12.2. The predicted molar refractivity (Wildman–Crippen MR) is 80.0 cm³/mol. The smallest absolute Gasteiger partial charge is 0.235 e. The molecular formula is C14H18N2O5S. The van der Waals surface area contributed by atoms with Crippen molar-refractivity contribution in [1.82, 2.24) is 5.32 Å². The average molecular weight is 326 g/mol. The molecule has 120 valence electrons. The Bertz CT molecular complexity index is 647. The van der Waals surface area contributed by atoms with E-state index in [1.807, 2.05) is 0 Å². The molecule has 2 saturated heterocycles. The van der Waals surface area contributed by atoms with E-state index in [0.717, 1.165) is 12.8 Å². The summed E-state index contributed by atoms with van der Waals surface area (Å²) in [4.78, 5) is 10.9. The lowest BCUT2D eigenvalue weighted by Crippen LogP contribution is -2.51. The van der Waals surface area contributed by atoms with E-state index in [1.54, 1.807) is 24.3 Å². The molecule has 2 unspecified atom stereocenters. The lowest BCUT2D eigenvalue weighted by Gasteiger charge is -2.28. The summed E-state index contributed by atoms with van der Waals surface area (Å²) in [5, 5.41) is 2.58. The van der Waals surface area contributed by atoms with Gasteiger partial charge in [-0.3, -0.25) is 9.52 Å². The van der Waals surface area contributed by atoms with Crippen LogP contribution in [0.5, 0.6) is 5.75 Å². The molecule has 2 aliphatic rings. The summed E-state index contributed by atoms with van der Waals surface area (Å²) in [5.74, 6) is 0.242. The van der Waals surface area contributed by atoms with Crippen LogP contribution in [0.1, 0.15) is 19.3 Å². The molecular weight excluding hydrogens is 308 g/mol. The molecule has 0 aromatic heterocycles. The number of ether oxygens (including phenoxy) is 2. The second-order valence-electron chi connectivity index (χ2n) is 5.39. The first-order valence-electron chi connectivity index (χ1n) is 7.19. The van der Waals surface area contributed by atoms with E-state index in [0.29, 0.717) is 18.0 Å². The van der Waals surface area contributed by atoms with Crippen molar-refractivity contribution in [3.8, 4) is 5.75 Å². The summed E-state index contributed by atoms with van der Waals surface area (Å²) in [6.07, 6.45) is 1.26. The molecule has 0 saturated carbocycles. The van der Waals surface area contributed by atoms with Gasteiger partial charge < -0.3 is 14.8 Å². The highest BCUT2D eigenvalue weighted by atomic mass is 32.2. The third-order valence-electron chi connectivity index (χ3n) is 3.54. The number of rotatable bonds is 6. The van der Waals surface area contributed by atoms with Crippen molar-refractivity contribution >= 4 is 21.6 Å². The third-order valence-corrected chi connectivity index (χ3v) is 4.89. The van der Waals surface area contributed by atoms with Gasteiger partial charge in [0.2, 0.25) is 15.9 Å². The molecule has 8 heteroatoms. The normalized spacial score (nSPS) is 24.5. The Kier molecular flexibility index (Phi) is 4.21. The number of β-lactam (4-membered cyclic amide) rings is 1. The van der Waals surface area contributed by atoms with Gasteiger partial charge in [-0.05, 0) is 25.0 Å². The molecule has 2 fully saturated rings. The van der Waals surface area contributed by atoms with Crippen molar-refractivity contribution in [3.63, 3.8) is 0 Å². The molecule has 0 bridgehead atoms. The Balaban J connectivity index is 1.67. The summed E-state index contributed by atoms with van der Waals surface area (Å²) in [7, 11) is -3.52. The molecule has 2 aliphatic heterocycles. The molecule has 22 heavy (non-hydrogen) atoms. The fourth-order valence-corrected chi connectivity index (χ4v) is 3.77. The van der Waals surface area contributed by atoms with Gasteiger partial charge in [-0.1, -0.05) is 12.1 Å². The predicted octanol–water partition coefficient (Wildman–Crippen LogP) is 0.832. The van der Waals surface area contributed by atoms with Gasteiger partial charge in [-0.15, -0.1) is 0 Å². The number of amides is 1. The maximum absolute atomic E-state index is 12.2. The molecule has 1 aromatic carbocycles. The minimum Gasteiger partial charge on any atom is -0.468 e. The van der Waals surface area contributed by atoms with E-state index in [9.17, 15) is 13.2 Å². The Hall–Kier alpha value is -1.80. The first-order chi connectivity index (χ1) is 10.5. The quantitative estimate of drug-likeness (QED) is 0.755. The molecule has 1 aromatic rings. The van der Waals surface area contributed by atoms with Crippen LogP contribution < -0.4 is 14.8 Å². The van der Waals surface area contributed by atoms with Gasteiger partial charge in [-0.2, -0.15) is 0 Å². The number of nitrogens with one attached hydrogen (secondary N) is 2. The van der Waals surface area contributed by atoms with Crippen molar-refractivity contribution in [2.75, 3.05) is 17.1 Å². The Labute approximate surface area is 129 Å². The summed E-state index contributed by atoms with van der Waals surface area (Å²) < 4.78 is 37.9. The Morgan fingerprint density at radius 2 is 2.14 bits per heavy atom. The van der Waals surface area contributed by atoms with Gasteiger partial charge in [0.1, 0.15) is 5.75 Å². The number of anilines is 1. The zero-order valence-electron chi connectivity index (χ0n) is 11.9. The van der Waals surface area contributed by atoms with Crippen LogP contribution in [0.15, 0.2) is 24.3 Å². The highest BCUT2D eigenvalue weighted by molar-refractivity contribution is 7.92. The third kappa shape index (κ3) is 3.69. The molecule has 7 nitrogen and oxygen atoms in total. The summed E-state index contributed by atoms with van der Waals surface area (Å²) in [6, 6.07) is 6.75. The monoisotopic (exact) mass is 326 g/mol. The van der Waals surface area contributed by atoms with Gasteiger partial charge in [0.25, 0.3) is 0 Å². The van der Waals surface area contributed by atoms with Crippen LogP contribution in [0.4, 0.5) is 5.69 Å². The molecule has 3 rings (SSSR count). The van der Waals surface area contributed by atoms with E-state index < -0.39 is 16.3 Å². The Morgan fingerprint density at radius 3 is 2.82 bits per heavy atom. The average Bonchev–Trinajstić information content (AvgIpc) is 2.90. The molecule has 0 spiro atoms. The molecule has 2 heterocycles. The number of hydrogen-bond donors (Lipinski definition) is 2. The summed E-state index contributed by atoms with van der Waals surface area (Å²) in [5.41, 5.74) is 0.363. The SMILES string of the molecule is O=C1CC(Oc2ccccc2NS(=O)(=O)CC2CCCO2)N1. The minimum absolute atomic E-state index is 0.0680. The van der Waals surface area contributed by atoms with Crippen molar-refractivity contribution in [3.05, 3.63) is 24.3 Å². The number of para-hydroxylation sites is 2. The highest BCUT2D eigenvalue weighted by Gasteiger charge is 2.28. The first kappa shape index (κ1) is 15.1. The van der Waals surface area contributed by atoms with Crippen LogP contribution in [0.25, 0.3) is 0 Å². The molecule has 2 N–H and O–H groups in total. The first-order valence-corrected chi connectivity index (χ1v) is 8.84. The zero-order chi connectivity index (χ0) is 15.6. The second kappa shape index (κ2) is 6.13. The maximum Gasteiger partial charge on any atom is 0.235 e. The van der Waals surface area contributed by atoms with Gasteiger partial charge in [-0.25, -0.2) is 8.42 Å². The van der Waals surface area contributed by atoms with Crippen LogP contribution >= 0.6 is 0 Å². The van der Waals surface area contributed by atoms with E-state index in [4.69, 9.17) is 9.47 Å². The van der Waals surface area contributed by atoms with Crippen LogP contribution in [-0.4, -0.2) is 39.0 Å². The van der Waals surface area contributed by atoms with Crippen LogP contribution in [0, 0.1) is 0 Å². The van der Waals surface area contributed by atoms with Crippen molar-refractivity contribution < 1.29 is 22.7 Å². The molecule has 1 amide bonds. The van der Waals surface area contributed by atoms with Crippen molar-refractivity contribution in [2.24, 2.45) is 0 Å². The number of carbonyl (C=O) groups excluding carboxylic acids is 1. The second-order valence-corrected chi connectivity index (χ2v) is 7.16. The fraction of sp³-hybridized carbons (Fsp3) is 0.500. The van der Waals surface area contributed by atoms with Crippen molar-refractivity contribution in [1.29, 1.82) is 0 Å². The topological polar surface area (TPSA) is 93.7 Å². The van der Waals surface area contributed by atoms with Gasteiger partial charge in [0, 0.05) is 6.61 Å². The van der Waals surface area contributed by atoms with E-state index in [1.165, 1.54) is 0 Å². The van der Waals surface area contributed by atoms with Gasteiger partial charge >= 0.3 is 0 Å². The summed E-state index contributed by atoms with van der Waals surface area (Å²) in [6.45, 7) is 0.612. The summed E-state index contributed by atoms with van der Waals surface area (Å²) >= 11 is 0. The Morgan fingerprint density at radius 1 is 1.36 bits per heavy atom.